The predicted octanol–water partition coefficient (Wildman–Crippen LogP) is 3.35. The summed E-state index contributed by atoms with van der Waals surface area (Å²) >= 11 is 6.79. The van der Waals surface area contributed by atoms with Gasteiger partial charge in [-0.3, -0.25) is 4.57 Å². The molecule has 4 nitrogen and oxygen atoms in total. The lowest BCUT2D eigenvalue weighted by Gasteiger charge is -2.04. The Kier molecular flexibility index (Phi) is 4.00. The molecule has 0 radical (unpaired) electrons. The van der Waals surface area contributed by atoms with Crippen molar-refractivity contribution in [2.75, 3.05) is 0 Å². The van der Waals surface area contributed by atoms with Gasteiger partial charge in [-0.15, -0.1) is 4.91 Å². The number of nitroso groups, excluding NO2 is 1. The van der Waals surface area contributed by atoms with Crippen LogP contribution in [-0.4, -0.2) is 13.9 Å². The summed E-state index contributed by atoms with van der Waals surface area (Å²) in [5.41, 5.74) is 1.54. The average Bonchev–Trinajstić information content (AvgIpc) is 2.90. The third-order valence-corrected chi connectivity index (χ3v) is 3.62. The molecule has 0 bridgehead atoms. The lowest BCUT2D eigenvalue weighted by molar-refractivity contribution is 1.18. The van der Waals surface area contributed by atoms with Gasteiger partial charge in [0.1, 0.15) is 16.3 Å². The first-order chi connectivity index (χ1) is 8.29. The summed E-state index contributed by atoms with van der Waals surface area (Å²) in [6, 6.07) is 7.15. The quantitative estimate of drug-likeness (QED) is 0.629. The molecule has 6 heteroatoms. The van der Waals surface area contributed by atoms with Crippen LogP contribution < -0.4 is 0 Å². The first-order valence-electron chi connectivity index (χ1n) is 4.87. The van der Waals surface area contributed by atoms with Gasteiger partial charge in [0.15, 0.2) is 0 Å². The third-order valence-electron chi connectivity index (χ3n) is 2.12. The fourth-order valence-corrected chi connectivity index (χ4v) is 2.26. The Morgan fingerprint density at radius 1 is 1.41 bits per heavy atom. The maximum absolute atomic E-state index is 10.3. The highest BCUT2D eigenvalue weighted by atomic mass is 32.2. The SMILES string of the molecule is O=Nc1ccc(CSC(=S)n2ccnc2)cc1. The van der Waals surface area contributed by atoms with Gasteiger partial charge >= 0.3 is 0 Å². The highest BCUT2D eigenvalue weighted by molar-refractivity contribution is 8.22. The van der Waals surface area contributed by atoms with Gasteiger partial charge in [-0.05, 0) is 22.9 Å². The van der Waals surface area contributed by atoms with Gasteiger partial charge in [0, 0.05) is 18.1 Å². The standard InChI is InChI=1S/C11H9N3OS2/c15-13-10-3-1-9(2-4-10)7-17-11(16)14-6-5-12-8-14/h1-6,8H,7H2. The van der Waals surface area contributed by atoms with E-state index in [9.17, 15) is 4.91 Å². The minimum atomic E-state index is 0.441. The molecule has 0 fully saturated rings. The fraction of sp³-hybridized carbons (Fsp3) is 0.0909. The second kappa shape index (κ2) is 5.70. The van der Waals surface area contributed by atoms with Gasteiger partial charge in [-0.2, -0.15) is 0 Å². The van der Waals surface area contributed by atoms with Crippen LogP contribution in [0.4, 0.5) is 5.69 Å². The van der Waals surface area contributed by atoms with Gasteiger partial charge in [0.05, 0.1) is 0 Å². The van der Waals surface area contributed by atoms with Crippen molar-refractivity contribution in [2.24, 2.45) is 5.18 Å². The molecule has 0 atom stereocenters. The second-order valence-electron chi connectivity index (χ2n) is 3.28. The molecule has 1 aromatic carbocycles. The molecule has 86 valence electrons. The molecule has 2 aromatic rings. The third kappa shape index (κ3) is 3.21. The van der Waals surface area contributed by atoms with Crippen molar-refractivity contribution in [1.82, 2.24) is 9.55 Å². The van der Waals surface area contributed by atoms with Crippen LogP contribution in [0, 0.1) is 4.91 Å². The minimum Gasteiger partial charge on any atom is -0.291 e. The maximum atomic E-state index is 10.3. The minimum absolute atomic E-state index is 0.441. The van der Waals surface area contributed by atoms with Crippen LogP contribution in [0.1, 0.15) is 5.56 Å². The van der Waals surface area contributed by atoms with Crippen LogP contribution in [0.5, 0.6) is 0 Å². The Hall–Kier alpha value is -1.53. The van der Waals surface area contributed by atoms with Crippen LogP contribution in [-0.2, 0) is 5.75 Å². The smallest absolute Gasteiger partial charge is 0.146 e. The number of hydrogen-bond acceptors (Lipinski definition) is 5. The van der Waals surface area contributed by atoms with Crippen LogP contribution in [0.2, 0.25) is 0 Å². The average molecular weight is 263 g/mol. The molecular weight excluding hydrogens is 254 g/mol. The van der Waals surface area contributed by atoms with Crippen molar-refractivity contribution in [2.45, 2.75) is 5.75 Å². The number of rotatable bonds is 3. The molecule has 0 aliphatic rings. The summed E-state index contributed by atoms with van der Waals surface area (Å²) in [4.78, 5) is 14.2. The Labute approximate surface area is 108 Å². The largest absolute Gasteiger partial charge is 0.291 e. The molecule has 0 N–H and O–H groups in total. The van der Waals surface area contributed by atoms with E-state index in [2.05, 4.69) is 10.2 Å². The van der Waals surface area contributed by atoms with Crippen molar-refractivity contribution in [3.63, 3.8) is 0 Å². The molecule has 0 amide bonds. The maximum Gasteiger partial charge on any atom is 0.146 e. The topological polar surface area (TPSA) is 47.2 Å². The van der Waals surface area contributed by atoms with Crippen molar-refractivity contribution >= 4 is 34.0 Å². The van der Waals surface area contributed by atoms with Crippen LogP contribution in [0.25, 0.3) is 0 Å². The number of nitrogens with zero attached hydrogens (tertiary/aromatic N) is 3. The monoisotopic (exact) mass is 263 g/mol. The normalized spacial score (nSPS) is 10.1. The van der Waals surface area contributed by atoms with E-state index >= 15 is 0 Å². The van der Waals surface area contributed by atoms with Crippen LogP contribution >= 0.6 is 24.0 Å². The highest BCUT2D eigenvalue weighted by Crippen LogP contribution is 2.18. The van der Waals surface area contributed by atoms with E-state index in [0.29, 0.717) is 5.69 Å². The number of aromatic nitrogens is 2. The van der Waals surface area contributed by atoms with E-state index in [1.807, 2.05) is 18.3 Å². The molecule has 2 rings (SSSR count). The zero-order valence-electron chi connectivity index (χ0n) is 8.81. The lowest BCUT2D eigenvalue weighted by Crippen LogP contribution is -2.01. The first kappa shape index (κ1) is 11.9. The zero-order valence-corrected chi connectivity index (χ0v) is 10.4. The Bertz CT molecular complexity index is 508. The van der Waals surface area contributed by atoms with Crippen molar-refractivity contribution in [3.8, 4) is 0 Å². The number of thioether (sulfide) groups is 1. The number of hydrogen-bond donors (Lipinski definition) is 0. The van der Waals surface area contributed by atoms with E-state index in [-0.39, 0.29) is 0 Å². The Balaban J connectivity index is 1.93. The molecule has 0 spiro atoms. The number of benzene rings is 1. The van der Waals surface area contributed by atoms with Crippen molar-refractivity contribution < 1.29 is 0 Å². The van der Waals surface area contributed by atoms with Crippen LogP contribution in [0.3, 0.4) is 0 Å². The molecule has 17 heavy (non-hydrogen) atoms. The summed E-state index contributed by atoms with van der Waals surface area (Å²) in [7, 11) is 0. The Morgan fingerprint density at radius 2 is 2.18 bits per heavy atom. The van der Waals surface area contributed by atoms with Gasteiger partial charge in [0.2, 0.25) is 0 Å². The van der Waals surface area contributed by atoms with Gasteiger partial charge in [-0.1, -0.05) is 36.1 Å². The summed E-state index contributed by atoms with van der Waals surface area (Å²) < 4.78 is 2.54. The van der Waals surface area contributed by atoms with Gasteiger partial charge in [0.25, 0.3) is 0 Å². The fourth-order valence-electron chi connectivity index (χ4n) is 1.24. The first-order valence-corrected chi connectivity index (χ1v) is 6.26. The summed E-state index contributed by atoms with van der Waals surface area (Å²) in [5.74, 6) is 0.760. The van der Waals surface area contributed by atoms with Gasteiger partial charge < -0.3 is 0 Å². The lowest BCUT2D eigenvalue weighted by atomic mass is 10.2. The molecular formula is C11H9N3OS2. The molecule has 1 heterocycles. The molecule has 0 aliphatic heterocycles. The molecule has 0 unspecified atom stereocenters. The molecule has 0 aliphatic carbocycles. The highest BCUT2D eigenvalue weighted by Gasteiger charge is 2.01. The number of thiocarbonyl (C=S) groups is 1. The summed E-state index contributed by atoms with van der Waals surface area (Å²) in [6.07, 6.45) is 5.18. The van der Waals surface area contributed by atoms with Gasteiger partial charge in [-0.25, -0.2) is 4.98 Å². The molecule has 0 saturated heterocycles. The summed E-state index contributed by atoms with van der Waals surface area (Å²) in [6.45, 7) is 0. The number of imidazole rings is 1. The zero-order chi connectivity index (χ0) is 12.1. The van der Waals surface area contributed by atoms with Crippen LogP contribution in [0.15, 0.2) is 48.2 Å². The molecule has 0 saturated carbocycles. The van der Waals surface area contributed by atoms with Crippen molar-refractivity contribution in [3.05, 3.63) is 53.5 Å². The van der Waals surface area contributed by atoms with E-state index < -0.39 is 0 Å². The molecule has 1 aromatic heterocycles. The predicted molar refractivity (Wildman–Crippen MR) is 73.4 cm³/mol. The van der Waals surface area contributed by atoms with Crippen molar-refractivity contribution in [1.29, 1.82) is 0 Å². The van der Waals surface area contributed by atoms with E-state index in [0.717, 1.165) is 15.6 Å². The Morgan fingerprint density at radius 3 is 2.76 bits per heavy atom. The van der Waals surface area contributed by atoms with E-state index in [4.69, 9.17) is 12.2 Å². The second-order valence-corrected chi connectivity index (χ2v) is 4.89. The summed E-state index contributed by atoms with van der Waals surface area (Å²) in [5, 5.41) is 2.85. The van der Waals surface area contributed by atoms with E-state index in [1.54, 1.807) is 41.0 Å². The van der Waals surface area contributed by atoms with E-state index in [1.165, 1.54) is 0 Å².